The van der Waals surface area contributed by atoms with Crippen LogP contribution in [-0.4, -0.2) is 5.91 Å². The molecule has 1 amide bonds. The van der Waals surface area contributed by atoms with Gasteiger partial charge in [0, 0.05) is 5.69 Å². The Morgan fingerprint density at radius 2 is 2.16 bits per heavy atom. The molecule has 1 aromatic rings. The number of alkyl halides is 3. The van der Waals surface area contributed by atoms with E-state index in [-0.39, 0.29) is 12.1 Å². The molecule has 3 nitrogen and oxygen atoms in total. The van der Waals surface area contributed by atoms with Crippen molar-refractivity contribution in [1.82, 2.24) is 0 Å². The Hall–Kier alpha value is -1.74. The minimum atomic E-state index is -4.60. The molecule has 0 fully saturated rings. The molecule has 0 aliphatic heterocycles. The Morgan fingerprint density at radius 1 is 1.53 bits per heavy atom. The van der Waals surface area contributed by atoms with Gasteiger partial charge in [-0.3, -0.25) is 4.79 Å². The second-order valence-corrected chi connectivity index (χ2v) is 4.18. The molecular formula is C12H10ClF3N2O. The largest absolute Gasteiger partial charge is 0.417 e. The zero-order chi connectivity index (χ0) is 14.6. The van der Waals surface area contributed by atoms with E-state index >= 15 is 0 Å². The first-order valence-electron chi connectivity index (χ1n) is 5.36. The quantitative estimate of drug-likeness (QED) is 0.919. The molecule has 0 saturated heterocycles. The highest BCUT2D eigenvalue weighted by molar-refractivity contribution is 6.31. The number of benzene rings is 1. The number of hydrogen-bond acceptors (Lipinski definition) is 2. The van der Waals surface area contributed by atoms with E-state index in [1.807, 2.05) is 0 Å². The minimum Gasteiger partial charge on any atom is -0.325 e. The van der Waals surface area contributed by atoms with Gasteiger partial charge in [0.1, 0.15) is 5.92 Å². The van der Waals surface area contributed by atoms with Crippen LogP contribution in [0.5, 0.6) is 0 Å². The maximum Gasteiger partial charge on any atom is 0.417 e. The summed E-state index contributed by atoms with van der Waals surface area (Å²) in [4.78, 5) is 11.6. The third-order valence-electron chi connectivity index (χ3n) is 2.42. The van der Waals surface area contributed by atoms with Crippen LogP contribution in [0.15, 0.2) is 18.2 Å². The molecule has 0 aromatic heterocycles. The summed E-state index contributed by atoms with van der Waals surface area (Å²) >= 11 is 5.45. The molecule has 1 aromatic carbocycles. The number of hydrogen-bond donors (Lipinski definition) is 1. The number of rotatable bonds is 3. The SMILES string of the molecule is CCC(C#N)C(=O)Nc1ccc(Cl)c(C(F)(F)F)c1. The van der Waals surface area contributed by atoms with Gasteiger partial charge in [-0.05, 0) is 24.6 Å². The molecule has 7 heteroatoms. The van der Waals surface area contributed by atoms with Gasteiger partial charge in [-0.1, -0.05) is 18.5 Å². The Morgan fingerprint density at radius 3 is 2.63 bits per heavy atom. The summed E-state index contributed by atoms with van der Waals surface area (Å²) in [5.41, 5.74) is -1.08. The fourth-order valence-electron chi connectivity index (χ4n) is 1.38. The predicted octanol–water partition coefficient (Wildman–Crippen LogP) is 3.85. The van der Waals surface area contributed by atoms with E-state index in [4.69, 9.17) is 16.9 Å². The van der Waals surface area contributed by atoms with Gasteiger partial charge in [-0.25, -0.2) is 0 Å². The zero-order valence-electron chi connectivity index (χ0n) is 9.88. The number of anilines is 1. The molecule has 0 saturated carbocycles. The summed E-state index contributed by atoms with van der Waals surface area (Å²) in [5, 5.41) is 10.5. The Bertz CT molecular complexity index is 523. The van der Waals surface area contributed by atoms with Crippen molar-refractivity contribution < 1.29 is 18.0 Å². The van der Waals surface area contributed by atoms with E-state index in [1.54, 1.807) is 13.0 Å². The van der Waals surface area contributed by atoms with E-state index < -0.39 is 28.6 Å². The van der Waals surface area contributed by atoms with Crippen molar-refractivity contribution in [3.63, 3.8) is 0 Å². The molecule has 19 heavy (non-hydrogen) atoms. The lowest BCUT2D eigenvalue weighted by atomic mass is 10.1. The van der Waals surface area contributed by atoms with Crippen LogP contribution in [0.25, 0.3) is 0 Å². The lowest BCUT2D eigenvalue weighted by molar-refractivity contribution is -0.137. The molecule has 0 radical (unpaired) electrons. The number of carbonyl (C=O) groups is 1. The molecular weight excluding hydrogens is 281 g/mol. The Labute approximate surface area is 113 Å². The van der Waals surface area contributed by atoms with Crippen LogP contribution < -0.4 is 5.32 Å². The van der Waals surface area contributed by atoms with Crippen molar-refractivity contribution in [2.75, 3.05) is 5.32 Å². The summed E-state index contributed by atoms with van der Waals surface area (Å²) < 4.78 is 37.8. The van der Waals surface area contributed by atoms with Crippen molar-refractivity contribution in [3.05, 3.63) is 28.8 Å². The summed E-state index contributed by atoms with van der Waals surface area (Å²) in [6.45, 7) is 1.64. The summed E-state index contributed by atoms with van der Waals surface area (Å²) in [6.07, 6.45) is -4.32. The smallest absolute Gasteiger partial charge is 0.325 e. The van der Waals surface area contributed by atoms with Crippen LogP contribution in [-0.2, 0) is 11.0 Å². The Kier molecular flexibility index (Phi) is 4.78. The fourth-order valence-corrected chi connectivity index (χ4v) is 1.61. The maximum atomic E-state index is 12.6. The third kappa shape index (κ3) is 3.86. The summed E-state index contributed by atoms with van der Waals surface area (Å²) in [7, 11) is 0. The van der Waals surface area contributed by atoms with Crippen LogP contribution in [0.1, 0.15) is 18.9 Å². The molecule has 1 rings (SSSR count). The van der Waals surface area contributed by atoms with Gasteiger partial charge < -0.3 is 5.32 Å². The molecule has 0 aliphatic carbocycles. The molecule has 102 valence electrons. The molecule has 0 heterocycles. The van der Waals surface area contributed by atoms with Crippen LogP contribution in [0.3, 0.4) is 0 Å². The highest BCUT2D eigenvalue weighted by atomic mass is 35.5. The summed E-state index contributed by atoms with van der Waals surface area (Å²) in [5.74, 6) is -1.54. The van der Waals surface area contributed by atoms with Crippen molar-refractivity contribution in [3.8, 4) is 6.07 Å². The molecule has 0 bridgehead atoms. The van der Waals surface area contributed by atoms with Crippen LogP contribution in [0, 0.1) is 17.2 Å². The first kappa shape index (κ1) is 15.3. The van der Waals surface area contributed by atoms with Gasteiger partial charge in [0.15, 0.2) is 0 Å². The second-order valence-electron chi connectivity index (χ2n) is 3.77. The van der Waals surface area contributed by atoms with Crippen LogP contribution >= 0.6 is 11.6 Å². The topological polar surface area (TPSA) is 52.9 Å². The van der Waals surface area contributed by atoms with Crippen molar-refractivity contribution in [1.29, 1.82) is 5.26 Å². The standard InChI is InChI=1S/C12H10ClF3N2O/c1-2-7(6-17)11(19)18-8-3-4-10(13)9(5-8)12(14,15)16/h3-5,7H,2H2,1H3,(H,18,19). The van der Waals surface area contributed by atoms with E-state index in [0.717, 1.165) is 12.1 Å². The monoisotopic (exact) mass is 290 g/mol. The maximum absolute atomic E-state index is 12.6. The Balaban J connectivity index is 2.99. The fraction of sp³-hybridized carbons (Fsp3) is 0.333. The number of halogens is 4. The van der Waals surface area contributed by atoms with Gasteiger partial charge in [-0.2, -0.15) is 18.4 Å². The van der Waals surface area contributed by atoms with Crippen molar-refractivity contribution in [2.45, 2.75) is 19.5 Å². The molecule has 1 atom stereocenters. The van der Waals surface area contributed by atoms with Crippen LogP contribution in [0.2, 0.25) is 5.02 Å². The molecule has 1 N–H and O–H groups in total. The van der Waals surface area contributed by atoms with Crippen LogP contribution in [0.4, 0.5) is 18.9 Å². The first-order valence-corrected chi connectivity index (χ1v) is 5.74. The predicted molar refractivity (Wildman–Crippen MR) is 64.5 cm³/mol. The van der Waals surface area contributed by atoms with Gasteiger partial charge in [0.05, 0.1) is 16.7 Å². The zero-order valence-corrected chi connectivity index (χ0v) is 10.6. The average molecular weight is 291 g/mol. The van der Waals surface area contributed by atoms with Gasteiger partial charge in [-0.15, -0.1) is 0 Å². The van der Waals surface area contributed by atoms with Gasteiger partial charge in [0.2, 0.25) is 5.91 Å². The number of carbonyl (C=O) groups excluding carboxylic acids is 1. The number of nitrogens with one attached hydrogen (secondary N) is 1. The minimum absolute atomic E-state index is 0.0459. The van der Waals surface area contributed by atoms with E-state index in [1.165, 1.54) is 6.07 Å². The van der Waals surface area contributed by atoms with E-state index in [9.17, 15) is 18.0 Å². The number of nitrogens with zero attached hydrogens (tertiary/aromatic N) is 1. The number of nitriles is 1. The molecule has 1 unspecified atom stereocenters. The van der Waals surface area contributed by atoms with Crippen molar-refractivity contribution in [2.24, 2.45) is 5.92 Å². The normalized spacial score (nSPS) is 12.6. The highest BCUT2D eigenvalue weighted by Gasteiger charge is 2.33. The third-order valence-corrected chi connectivity index (χ3v) is 2.75. The van der Waals surface area contributed by atoms with E-state index in [2.05, 4.69) is 5.32 Å². The van der Waals surface area contributed by atoms with Gasteiger partial charge >= 0.3 is 6.18 Å². The van der Waals surface area contributed by atoms with E-state index in [0.29, 0.717) is 0 Å². The lowest BCUT2D eigenvalue weighted by Gasteiger charge is -2.12. The second kappa shape index (κ2) is 5.93. The lowest BCUT2D eigenvalue weighted by Crippen LogP contribution is -2.21. The van der Waals surface area contributed by atoms with Crippen molar-refractivity contribution >= 4 is 23.2 Å². The average Bonchev–Trinajstić information content (AvgIpc) is 2.31. The van der Waals surface area contributed by atoms with Gasteiger partial charge in [0.25, 0.3) is 0 Å². The number of amides is 1. The molecule has 0 spiro atoms. The highest BCUT2D eigenvalue weighted by Crippen LogP contribution is 2.36. The summed E-state index contributed by atoms with van der Waals surface area (Å²) in [6, 6.07) is 4.81. The first-order chi connectivity index (χ1) is 8.79. The molecule has 0 aliphatic rings.